The van der Waals surface area contributed by atoms with Crippen molar-refractivity contribution in [2.45, 2.75) is 26.2 Å². The molecule has 0 spiro atoms. The van der Waals surface area contributed by atoms with Gasteiger partial charge in [0.15, 0.2) is 5.75 Å². The first kappa shape index (κ1) is 13.0. The van der Waals surface area contributed by atoms with Gasteiger partial charge in [-0.2, -0.15) is 0 Å². The quantitative estimate of drug-likeness (QED) is 0.876. The van der Waals surface area contributed by atoms with Gasteiger partial charge in [0.2, 0.25) is 5.43 Å². The summed E-state index contributed by atoms with van der Waals surface area (Å²) < 4.78 is 27.0. The zero-order valence-corrected chi connectivity index (χ0v) is 9.90. The van der Waals surface area contributed by atoms with Crippen LogP contribution in [0.3, 0.4) is 0 Å². The van der Waals surface area contributed by atoms with E-state index < -0.39 is 23.5 Å². The van der Waals surface area contributed by atoms with Crippen LogP contribution in [0.2, 0.25) is 5.02 Å². The van der Waals surface area contributed by atoms with E-state index in [1.807, 2.05) is 0 Å². The summed E-state index contributed by atoms with van der Waals surface area (Å²) >= 11 is 5.65. The highest BCUT2D eigenvalue weighted by molar-refractivity contribution is 6.31. The molecule has 0 saturated carbocycles. The first-order chi connectivity index (χ1) is 7.15. The summed E-state index contributed by atoms with van der Waals surface area (Å²) in [4.78, 5) is 11.4. The number of aromatic hydroxyl groups is 1. The summed E-state index contributed by atoms with van der Waals surface area (Å²) in [5.41, 5.74) is -0.570. The van der Waals surface area contributed by atoms with E-state index in [4.69, 9.17) is 11.6 Å². The molecule has 0 fully saturated rings. The van der Waals surface area contributed by atoms with Crippen LogP contribution in [0.15, 0.2) is 4.79 Å². The predicted molar refractivity (Wildman–Crippen MR) is 57.4 cm³/mol. The molecule has 0 aliphatic carbocycles. The monoisotopic (exact) mass is 251 g/mol. The molecule has 1 aromatic heterocycles. The Morgan fingerprint density at radius 2 is 2.00 bits per heavy atom. The third-order valence-corrected chi connectivity index (χ3v) is 2.84. The van der Waals surface area contributed by atoms with Crippen LogP contribution in [0.1, 0.15) is 18.3 Å². The van der Waals surface area contributed by atoms with Crippen molar-refractivity contribution in [2.24, 2.45) is 7.05 Å². The smallest absolute Gasteiger partial charge is 0.250 e. The number of hydrogen-bond acceptors (Lipinski definition) is 2. The fourth-order valence-corrected chi connectivity index (χ4v) is 1.62. The second-order valence-corrected chi connectivity index (χ2v) is 4.21. The largest absolute Gasteiger partial charge is 0.503 e. The lowest BCUT2D eigenvalue weighted by molar-refractivity contribution is 0.0201. The van der Waals surface area contributed by atoms with Crippen LogP contribution in [0.25, 0.3) is 0 Å². The minimum atomic E-state index is -3.00. The Bertz CT molecular complexity index is 477. The third-order valence-electron chi connectivity index (χ3n) is 2.39. The van der Waals surface area contributed by atoms with Crippen LogP contribution in [-0.2, 0) is 13.5 Å². The van der Waals surface area contributed by atoms with Gasteiger partial charge >= 0.3 is 0 Å². The van der Waals surface area contributed by atoms with Crippen LogP contribution < -0.4 is 5.43 Å². The Kier molecular flexibility index (Phi) is 3.28. The summed E-state index contributed by atoms with van der Waals surface area (Å²) in [6.45, 7) is 2.25. The normalized spacial score (nSPS) is 11.9. The summed E-state index contributed by atoms with van der Waals surface area (Å²) in [5, 5.41) is 9.35. The highest BCUT2D eigenvalue weighted by atomic mass is 35.5. The van der Waals surface area contributed by atoms with E-state index in [9.17, 15) is 18.7 Å². The second-order valence-electron chi connectivity index (χ2n) is 3.83. The van der Waals surface area contributed by atoms with Crippen molar-refractivity contribution in [2.75, 3.05) is 0 Å². The van der Waals surface area contributed by atoms with Crippen molar-refractivity contribution in [1.82, 2.24) is 4.57 Å². The molecule has 1 N–H and O–H groups in total. The van der Waals surface area contributed by atoms with Gasteiger partial charge in [-0.3, -0.25) is 4.79 Å². The molecule has 0 atom stereocenters. The zero-order chi connectivity index (χ0) is 12.7. The van der Waals surface area contributed by atoms with E-state index in [2.05, 4.69) is 0 Å². The van der Waals surface area contributed by atoms with Crippen LogP contribution in [0.4, 0.5) is 8.78 Å². The number of nitrogens with zero attached hydrogens (tertiary/aromatic N) is 1. The Labute approximate surface area is 96.3 Å². The lowest BCUT2D eigenvalue weighted by Crippen LogP contribution is -2.22. The molecule has 0 aliphatic rings. The maximum Gasteiger partial charge on any atom is 0.250 e. The molecule has 0 amide bonds. The molecule has 0 aromatic carbocycles. The van der Waals surface area contributed by atoms with E-state index in [1.54, 1.807) is 0 Å². The molecule has 1 heterocycles. The summed E-state index contributed by atoms with van der Waals surface area (Å²) in [6.07, 6.45) is -0.706. The second kappa shape index (κ2) is 4.05. The van der Waals surface area contributed by atoms with Crippen molar-refractivity contribution in [3.8, 4) is 5.75 Å². The topological polar surface area (TPSA) is 42.2 Å². The summed E-state index contributed by atoms with van der Waals surface area (Å²) in [5.74, 6) is -3.71. The summed E-state index contributed by atoms with van der Waals surface area (Å²) in [6, 6.07) is 0. The van der Waals surface area contributed by atoms with Crippen LogP contribution in [0.5, 0.6) is 5.75 Å². The van der Waals surface area contributed by atoms with Gasteiger partial charge in [-0.1, -0.05) is 11.6 Å². The average molecular weight is 252 g/mol. The number of rotatable bonds is 2. The fourth-order valence-electron chi connectivity index (χ4n) is 1.40. The van der Waals surface area contributed by atoms with E-state index in [0.29, 0.717) is 5.69 Å². The van der Waals surface area contributed by atoms with Crippen molar-refractivity contribution in [3.05, 3.63) is 26.6 Å². The molecule has 3 nitrogen and oxygen atoms in total. The SMILES string of the molecule is Cc1c(Cl)c(=O)c(O)c(CC(C)(F)F)n1C. The number of aromatic nitrogens is 1. The lowest BCUT2D eigenvalue weighted by Gasteiger charge is -2.17. The van der Waals surface area contributed by atoms with Crippen LogP contribution in [-0.4, -0.2) is 15.6 Å². The molecule has 0 unspecified atom stereocenters. The molecule has 6 heteroatoms. The maximum absolute atomic E-state index is 12.9. The first-order valence-corrected chi connectivity index (χ1v) is 4.97. The molecule has 0 saturated heterocycles. The Hall–Kier alpha value is -1.10. The first-order valence-electron chi connectivity index (χ1n) is 4.60. The number of pyridine rings is 1. The third kappa shape index (κ3) is 2.35. The van der Waals surface area contributed by atoms with Gasteiger partial charge in [0.1, 0.15) is 5.02 Å². The molecule has 1 rings (SSSR count). The van der Waals surface area contributed by atoms with Gasteiger partial charge in [0, 0.05) is 12.7 Å². The van der Waals surface area contributed by atoms with Crippen molar-refractivity contribution >= 4 is 11.6 Å². The van der Waals surface area contributed by atoms with Crippen molar-refractivity contribution in [3.63, 3.8) is 0 Å². The molecule has 1 aromatic rings. The molecular weight excluding hydrogens is 240 g/mol. The number of alkyl halides is 2. The van der Waals surface area contributed by atoms with Gasteiger partial charge in [0.25, 0.3) is 5.92 Å². The van der Waals surface area contributed by atoms with Gasteiger partial charge in [-0.05, 0) is 13.8 Å². The van der Waals surface area contributed by atoms with Crippen LogP contribution in [0, 0.1) is 6.92 Å². The number of halogens is 3. The van der Waals surface area contributed by atoms with E-state index in [-0.39, 0.29) is 10.7 Å². The van der Waals surface area contributed by atoms with Gasteiger partial charge in [0.05, 0.1) is 12.1 Å². The molecule has 0 aliphatic heterocycles. The maximum atomic E-state index is 12.9. The Balaban J connectivity index is 3.47. The number of hydrogen-bond donors (Lipinski definition) is 1. The summed E-state index contributed by atoms with van der Waals surface area (Å²) in [7, 11) is 1.47. The minimum Gasteiger partial charge on any atom is -0.503 e. The molecule has 90 valence electrons. The van der Waals surface area contributed by atoms with Crippen molar-refractivity contribution in [1.29, 1.82) is 0 Å². The molecule has 0 radical (unpaired) electrons. The average Bonchev–Trinajstić information content (AvgIpc) is 2.17. The van der Waals surface area contributed by atoms with E-state index in [1.165, 1.54) is 18.5 Å². The van der Waals surface area contributed by atoms with Crippen molar-refractivity contribution < 1.29 is 13.9 Å². The molecule has 16 heavy (non-hydrogen) atoms. The molecule has 0 bridgehead atoms. The van der Waals surface area contributed by atoms with E-state index in [0.717, 1.165) is 6.92 Å². The van der Waals surface area contributed by atoms with Crippen LogP contribution >= 0.6 is 11.6 Å². The standard InChI is InChI=1S/C10H12ClF2NO2/c1-5-7(11)9(16)8(15)6(14(5)3)4-10(2,12)13/h15H,4H2,1-3H3. The van der Waals surface area contributed by atoms with Gasteiger partial charge in [-0.15, -0.1) is 0 Å². The minimum absolute atomic E-state index is 0.112. The highest BCUT2D eigenvalue weighted by Gasteiger charge is 2.27. The Morgan fingerprint density at radius 1 is 1.50 bits per heavy atom. The molecular formula is C10H12ClF2NO2. The highest BCUT2D eigenvalue weighted by Crippen LogP contribution is 2.25. The zero-order valence-electron chi connectivity index (χ0n) is 9.14. The lowest BCUT2D eigenvalue weighted by atomic mass is 10.1. The Morgan fingerprint density at radius 3 is 2.44 bits per heavy atom. The van der Waals surface area contributed by atoms with E-state index >= 15 is 0 Å². The fraction of sp³-hybridized carbons (Fsp3) is 0.500. The van der Waals surface area contributed by atoms with Gasteiger partial charge in [-0.25, -0.2) is 8.78 Å². The van der Waals surface area contributed by atoms with Gasteiger partial charge < -0.3 is 9.67 Å². The predicted octanol–water partition coefficient (Wildman–Crippen LogP) is 2.25.